The summed E-state index contributed by atoms with van der Waals surface area (Å²) in [4.78, 5) is 1.73. The van der Waals surface area contributed by atoms with E-state index in [9.17, 15) is 8.78 Å². The third-order valence-corrected chi connectivity index (χ3v) is 1.80. The van der Waals surface area contributed by atoms with Crippen LogP contribution >= 0.6 is 0 Å². The summed E-state index contributed by atoms with van der Waals surface area (Å²) in [7, 11) is 0. The summed E-state index contributed by atoms with van der Waals surface area (Å²) < 4.78 is 23.7. The molecule has 3 nitrogen and oxygen atoms in total. The van der Waals surface area contributed by atoms with Crippen molar-refractivity contribution in [2.45, 2.75) is 6.43 Å². The van der Waals surface area contributed by atoms with Crippen LogP contribution in [0.4, 0.5) is 8.78 Å². The maximum absolute atomic E-state index is 11.8. The lowest BCUT2D eigenvalue weighted by molar-refractivity contribution is 0.0563. The molecule has 0 atom stereocenters. The molecule has 11 heavy (non-hydrogen) atoms. The summed E-state index contributed by atoms with van der Waals surface area (Å²) in [5.74, 6) is 5.45. The van der Waals surface area contributed by atoms with Crippen molar-refractivity contribution in [2.75, 3.05) is 32.7 Å². The van der Waals surface area contributed by atoms with Gasteiger partial charge in [-0.15, -0.1) is 0 Å². The summed E-state index contributed by atoms with van der Waals surface area (Å²) in [5, 5.41) is 1.65. The van der Waals surface area contributed by atoms with E-state index < -0.39 is 6.43 Å². The molecule has 0 spiro atoms. The Balaban J connectivity index is 2.17. The van der Waals surface area contributed by atoms with E-state index in [4.69, 9.17) is 5.84 Å². The van der Waals surface area contributed by atoms with E-state index in [1.807, 2.05) is 0 Å². The number of halogens is 2. The summed E-state index contributed by atoms with van der Waals surface area (Å²) in [6.45, 7) is 2.56. The SMILES string of the molecule is NN1CCN(CC(F)F)CC1. The Hall–Kier alpha value is -0.260. The first kappa shape index (κ1) is 8.83. The number of rotatable bonds is 2. The van der Waals surface area contributed by atoms with Gasteiger partial charge in [0.05, 0.1) is 6.54 Å². The number of nitrogens with two attached hydrogens (primary N) is 1. The minimum Gasteiger partial charge on any atom is -0.295 e. The highest BCUT2D eigenvalue weighted by atomic mass is 19.3. The smallest absolute Gasteiger partial charge is 0.251 e. The van der Waals surface area contributed by atoms with E-state index in [-0.39, 0.29) is 6.54 Å². The normalized spacial score (nSPS) is 22.9. The van der Waals surface area contributed by atoms with Gasteiger partial charge in [0.15, 0.2) is 0 Å². The van der Waals surface area contributed by atoms with Gasteiger partial charge >= 0.3 is 0 Å². The molecule has 0 bridgehead atoms. The van der Waals surface area contributed by atoms with Crippen molar-refractivity contribution in [3.05, 3.63) is 0 Å². The molecule has 1 aliphatic heterocycles. The largest absolute Gasteiger partial charge is 0.295 e. The molecule has 2 N–H and O–H groups in total. The van der Waals surface area contributed by atoms with E-state index in [1.54, 1.807) is 9.91 Å². The molecule has 1 rings (SSSR count). The third kappa shape index (κ3) is 3.09. The Labute approximate surface area is 64.7 Å². The van der Waals surface area contributed by atoms with Crippen molar-refractivity contribution < 1.29 is 8.78 Å². The molecule has 0 aromatic heterocycles. The number of hydrogen-bond donors (Lipinski definition) is 1. The van der Waals surface area contributed by atoms with Crippen molar-refractivity contribution in [3.63, 3.8) is 0 Å². The summed E-state index contributed by atoms with van der Waals surface area (Å²) in [6, 6.07) is 0. The van der Waals surface area contributed by atoms with Crippen LogP contribution in [0.25, 0.3) is 0 Å². The third-order valence-electron chi connectivity index (χ3n) is 1.80. The summed E-state index contributed by atoms with van der Waals surface area (Å²) in [5.41, 5.74) is 0. The zero-order valence-corrected chi connectivity index (χ0v) is 6.34. The average molecular weight is 165 g/mol. The predicted molar refractivity (Wildman–Crippen MR) is 38.2 cm³/mol. The fourth-order valence-electron chi connectivity index (χ4n) is 1.14. The van der Waals surface area contributed by atoms with Crippen molar-refractivity contribution in [2.24, 2.45) is 5.84 Å². The molecular weight excluding hydrogens is 152 g/mol. The second kappa shape index (κ2) is 3.94. The number of alkyl halides is 2. The van der Waals surface area contributed by atoms with Crippen LogP contribution in [-0.2, 0) is 0 Å². The quantitative estimate of drug-likeness (QED) is 0.572. The van der Waals surface area contributed by atoms with Gasteiger partial charge in [-0.25, -0.2) is 13.8 Å². The molecule has 1 aliphatic rings. The number of hydrogen-bond acceptors (Lipinski definition) is 3. The van der Waals surface area contributed by atoms with Gasteiger partial charge in [0, 0.05) is 26.2 Å². The second-order valence-electron chi connectivity index (χ2n) is 2.73. The van der Waals surface area contributed by atoms with Crippen LogP contribution in [0.15, 0.2) is 0 Å². The zero-order chi connectivity index (χ0) is 8.27. The van der Waals surface area contributed by atoms with Crippen molar-refractivity contribution in [3.8, 4) is 0 Å². The zero-order valence-electron chi connectivity index (χ0n) is 6.34. The van der Waals surface area contributed by atoms with Crippen molar-refractivity contribution in [1.82, 2.24) is 9.91 Å². The second-order valence-corrected chi connectivity index (χ2v) is 2.73. The van der Waals surface area contributed by atoms with Gasteiger partial charge in [-0.1, -0.05) is 0 Å². The first-order chi connectivity index (χ1) is 5.18. The molecule has 0 aliphatic carbocycles. The Bertz CT molecular complexity index is 112. The average Bonchev–Trinajstić information content (AvgIpc) is 1.93. The van der Waals surface area contributed by atoms with Crippen LogP contribution in [0.3, 0.4) is 0 Å². The van der Waals surface area contributed by atoms with E-state index in [2.05, 4.69) is 0 Å². The minimum atomic E-state index is -2.22. The van der Waals surface area contributed by atoms with Crippen molar-refractivity contribution in [1.29, 1.82) is 0 Å². The first-order valence-corrected chi connectivity index (χ1v) is 3.68. The van der Waals surface area contributed by atoms with Gasteiger partial charge in [-0.05, 0) is 0 Å². The monoisotopic (exact) mass is 165 g/mol. The maximum Gasteiger partial charge on any atom is 0.251 e. The van der Waals surface area contributed by atoms with Crippen LogP contribution in [-0.4, -0.2) is 49.1 Å². The Kier molecular flexibility index (Phi) is 3.16. The molecule has 0 aromatic carbocycles. The molecule has 0 radical (unpaired) electrons. The number of hydrazine groups is 1. The Morgan fingerprint density at radius 2 is 1.73 bits per heavy atom. The highest BCUT2D eigenvalue weighted by Gasteiger charge is 2.16. The van der Waals surface area contributed by atoms with Gasteiger partial charge in [0.2, 0.25) is 0 Å². The lowest BCUT2D eigenvalue weighted by Crippen LogP contribution is -2.50. The topological polar surface area (TPSA) is 32.5 Å². The number of nitrogens with zero attached hydrogens (tertiary/aromatic N) is 2. The van der Waals surface area contributed by atoms with Gasteiger partial charge in [-0.2, -0.15) is 0 Å². The molecule has 1 fully saturated rings. The van der Waals surface area contributed by atoms with Crippen molar-refractivity contribution >= 4 is 0 Å². The molecule has 1 heterocycles. The predicted octanol–water partition coefficient (Wildman–Crippen LogP) is -0.257. The summed E-state index contributed by atoms with van der Waals surface area (Å²) in [6.07, 6.45) is -2.22. The minimum absolute atomic E-state index is 0.117. The fourth-order valence-corrected chi connectivity index (χ4v) is 1.14. The summed E-state index contributed by atoms with van der Waals surface area (Å²) >= 11 is 0. The molecule has 0 amide bonds. The van der Waals surface area contributed by atoms with Crippen LogP contribution in [0, 0.1) is 0 Å². The molecular formula is C6H13F2N3. The van der Waals surface area contributed by atoms with Crippen LogP contribution in [0.1, 0.15) is 0 Å². The lowest BCUT2D eigenvalue weighted by Gasteiger charge is -2.31. The molecule has 0 unspecified atom stereocenters. The highest BCUT2D eigenvalue weighted by molar-refractivity contribution is 4.68. The van der Waals surface area contributed by atoms with Gasteiger partial charge in [-0.3, -0.25) is 10.7 Å². The standard InChI is InChI=1S/C6H13F2N3/c7-6(8)5-10-1-3-11(9)4-2-10/h6H,1-5,9H2. The van der Waals surface area contributed by atoms with E-state index in [0.717, 1.165) is 0 Å². The van der Waals surface area contributed by atoms with E-state index >= 15 is 0 Å². The molecule has 0 aromatic rings. The molecule has 66 valence electrons. The van der Waals surface area contributed by atoms with Gasteiger partial charge < -0.3 is 0 Å². The van der Waals surface area contributed by atoms with E-state index in [0.29, 0.717) is 26.2 Å². The van der Waals surface area contributed by atoms with E-state index in [1.165, 1.54) is 0 Å². The number of piperazine rings is 1. The maximum atomic E-state index is 11.8. The highest BCUT2D eigenvalue weighted by Crippen LogP contribution is 2.01. The van der Waals surface area contributed by atoms with Crippen LogP contribution in [0.2, 0.25) is 0 Å². The fraction of sp³-hybridized carbons (Fsp3) is 1.00. The Morgan fingerprint density at radius 3 is 2.18 bits per heavy atom. The lowest BCUT2D eigenvalue weighted by atomic mass is 10.3. The Morgan fingerprint density at radius 1 is 1.18 bits per heavy atom. The molecule has 0 saturated carbocycles. The first-order valence-electron chi connectivity index (χ1n) is 3.68. The van der Waals surface area contributed by atoms with Crippen LogP contribution < -0.4 is 5.84 Å². The van der Waals surface area contributed by atoms with Crippen LogP contribution in [0.5, 0.6) is 0 Å². The van der Waals surface area contributed by atoms with Gasteiger partial charge in [0.25, 0.3) is 6.43 Å². The molecule has 1 saturated heterocycles. The van der Waals surface area contributed by atoms with Gasteiger partial charge in [0.1, 0.15) is 0 Å². The molecule has 5 heteroatoms.